The first-order valence-electron chi connectivity index (χ1n) is 3.89. The molecule has 0 bridgehead atoms. The first kappa shape index (κ1) is 14.9. The van der Waals surface area contributed by atoms with Gasteiger partial charge in [0.15, 0.2) is 0 Å². The minimum absolute atomic E-state index is 0. The van der Waals surface area contributed by atoms with Gasteiger partial charge in [-0.2, -0.15) is 8.42 Å². The Bertz CT molecular complexity index is 388. The van der Waals surface area contributed by atoms with Gasteiger partial charge in [0.05, 0.1) is 6.61 Å². The first-order chi connectivity index (χ1) is 6.64. The van der Waals surface area contributed by atoms with Gasteiger partial charge in [-0.3, -0.25) is 0 Å². The SMILES string of the molecule is C=CCOS(=O)(=O)Oc1ccccc1.[CaH2]. The minimum atomic E-state index is -3.97. The van der Waals surface area contributed by atoms with Gasteiger partial charge < -0.3 is 4.18 Å². The van der Waals surface area contributed by atoms with E-state index in [1.54, 1.807) is 18.2 Å². The van der Waals surface area contributed by atoms with Crippen molar-refractivity contribution < 1.29 is 16.8 Å². The van der Waals surface area contributed by atoms with E-state index in [-0.39, 0.29) is 50.1 Å². The van der Waals surface area contributed by atoms with E-state index < -0.39 is 10.4 Å². The van der Waals surface area contributed by atoms with Crippen LogP contribution in [0.15, 0.2) is 43.0 Å². The Balaban J connectivity index is 0.00000196. The number of para-hydroxylation sites is 1. The number of rotatable bonds is 5. The predicted molar refractivity (Wildman–Crippen MR) is 60.7 cm³/mol. The fraction of sp³-hybridized carbons (Fsp3) is 0.111. The van der Waals surface area contributed by atoms with Crippen molar-refractivity contribution in [2.75, 3.05) is 6.61 Å². The van der Waals surface area contributed by atoms with Gasteiger partial charge in [-0.05, 0) is 12.1 Å². The average Bonchev–Trinajstić information content (AvgIpc) is 2.16. The molecule has 0 heterocycles. The summed E-state index contributed by atoms with van der Waals surface area (Å²) in [6.07, 6.45) is 1.33. The zero-order valence-electron chi connectivity index (χ0n) is 7.42. The van der Waals surface area contributed by atoms with Gasteiger partial charge in [-0.1, -0.05) is 24.3 Å². The van der Waals surface area contributed by atoms with Gasteiger partial charge in [0, 0.05) is 0 Å². The van der Waals surface area contributed by atoms with Crippen molar-refractivity contribution in [3.8, 4) is 5.75 Å². The number of benzene rings is 1. The van der Waals surface area contributed by atoms with Crippen molar-refractivity contribution in [2.24, 2.45) is 0 Å². The van der Waals surface area contributed by atoms with Crippen molar-refractivity contribution in [1.29, 1.82) is 0 Å². The van der Waals surface area contributed by atoms with Gasteiger partial charge in [-0.15, -0.1) is 6.58 Å². The molecule has 0 radical (unpaired) electrons. The Kier molecular flexibility index (Phi) is 7.21. The molecule has 80 valence electrons. The van der Waals surface area contributed by atoms with E-state index in [1.807, 2.05) is 0 Å². The number of hydrogen-bond donors (Lipinski definition) is 0. The van der Waals surface area contributed by atoms with Crippen LogP contribution in [0.25, 0.3) is 0 Å². The van der Waals surface area contributed by atoms with E-state index in [0.717, 1.165) is 0 Å². The molecule has 1 rings (SSSR count). The third-order valence-electron chi connectivity index (χ3n) is 1.27. The molecule has 1 aromatic rings. The van der Waals surface area contributed by atoms with Crippen LogP contribution in [0.2, 0.25) is 0 Å². The summed E-state index contributed by atoms with van der Waals surface area (Å²) in [7, 11) is -3.97. The van der Waals surface area contributed by atoms with Crippen LogP contribution in [0.1, 0.15) is 0 Å². The van der Waals surface area contributed by atoms with E-state index in [2.05, 4.69) is 14.9 Å². The molecule has 0 saturated heterocycles. The van der Waals surface area contributed by atoms with Gasteiger partial charge in [-0.25, -0.2) is 4.18 Å². The van der Waals surface area contributed by atoms with Crippen molar-refractivity contribution in [1.82, 2.24) is 0 Å². The summed E-state index contributed by atoms with van der Waals surface area (Å²) in [5, 5.41) is 0. The summed E-state index contributed by atoms with van der Waals surface area (Å²) >= 11 is 0. The van der Waals surface area contributed by atoms with Crippen molar-refractivity contribution in [3.63, 3.8) is 0 Å². The molecule has 0 atom stereocenters. The van der Waals surface area contributed by atoms with Crippen molar-refractivity contribution >= 4 is 48.1 Å². The van der Waals surface area contributed by atoms with Gasteiger partial charge in [0.25, 0.3) is 0 Å². The van der Waals surface area contributed by atoms with Crippen LogP contribution in [-0.4, -0.2) is 52.8 Å². The quantitative estimate of drug-likeness (QED) is 0.572. The zero-order valence-corrected chi connectivity index (χ0v) is 8.24. The Morgan fingerprint density at radius 2 is 1.87 bits per heavy atom. The molecule has 0 fully saturated rings. The maximum absolute atomic E-state index is 11.1. The second kappa shape index (κ2) is 7.24. The Hall–Kier alpha value is -0.0703. The fourth-order valence-electron chi connectivity index (χ4n) is 0.749. The summed E-state index contributed by atoms with van der Waals surface area (Å²) in [4.78, 5) is 0. The predicted octanol–water partition coefficient (Wildman–Crippen LogP) is 0.597. The van der Waals surface area contributed by atoms with Gasteiger partial charge >= 0.3 is 48.1 Å². The van der Waals surface area contributed by atoms with E-state index in [1.165, 1.54) is 18.2 Å². The molecule has 0 spiro atoms. The zero-order chi connectivity index (χ0) is 10.4. The summed E-state index contributed by atoms with van der Waals surface area (Å²) in [6, 6.07) is 8.13. The fourth-order valence-corrected chi connectivity index (χ4v) is 1.41. The molecule has 0 aliphatic carbocycles. The Labute approximate surface area is 119 Å². The maximum atomic E-state index is 11.1. The van der Waals surface area contributed by atoms with Crippen LogP contribution < -0.4 is 4.18 Å². The molecule has 6 heteroatoms. The summed E-state index contributed by atoms with van der Waals surface area (Å²) in [6.45, 7) is 3.22. The number of hydrogen-bond acceptors (Lipinski definition) is 4. The average molecular weight is 256 g/mol. The standard InChI is InChI=1S/C9H10O4S.Ca.2H/c1-2-8-12-14(10,11)13-9-6-4-3-5-7-9;;;/h2-7H,1,8H2;;;. The summed E-state index contributed by atoms with van der Waals surface area (Å²) < 4.78 is 31.2. The molecule has 0 saturated carbocycles. The van der Waals surface area contributed by atoms with Gasteiger partial charge in [0.2, 0.25) is 0 Å². The Morgan fingerprint density at radius 3 is 2.40 bits per heavy atom. The molecule has 15 heavy (non-hydrogen) atoms. The molecule has 0 aliphatic rings. The molecular weight excluding hydrogens is 244 g/mol. The second-order valence-electron chi connectivity index (χ2n) is 2.38. The van der Waals surface area contributed by atoms with Crippen LogP contribution in [-0.2, 0) is 14.6 Å². The van der Waals surface area contributed by atoms with Crippen LogP contribution >= 0.6 is 0 Å². The van der Waals surface area contributed by atoms with Crippen LogP contribution in [0.3, 0.4) is 0 Å². The summed E-state index contributed by atoms with van der Waals surface area (Å²) in [5.74, 6) is 0.219. The second-order valence-corrected chi connectivity index (χ2v) is 3.60. The van der Waals surface area contributed by atoms with Crippen LogP contribution in [0.4, 0.5) is 0 Å². The van der Waals surface area contributed by atoms with E-state index in [4.69, 9.17) is 0 Å². The van der Waals surface area contributed by atoms with E-state index >= 15 is 0 Å². The van der Waals surface area contributed by atoms with E-state index in [9.17, 15) is 8.42 Å². The van der Waals surface area contributed by atoms with E-state index in [0.29, 0.717) is 0 Å². The van der Waals surface area contributed by atoms with Crippen LogP contribution in [0, 0.1) is 0 Å². The normalized spacial score (nSPS) is 10.1. The third-order valence-corrected chi connectivity index (χ3v) is 2.09. The first-order valence-corrected chi connectivity index (χ1v) is 5.22. The summed E-state index contributed by atoms with van der Waals surface area (Å²) in [5.41, 5.74) is 0. The molecule has 0 aromatic heterocycles. The molecule has 1 aromatic carbocycles. The van der Waals surface area contributed by atoms with Crippen molar-refractivity contribution in [3.05, 3.63) is 43.0 Å². The van der Waals surface area contributed by atoms with Crippen molar-refractivity contribution in [2.45, 2.75) is 0 Å². The van der Waals surface area contributed by atoms with Gasteiger partial charge in [0.1, 0.15) is 5.75 Å². The monoisotopic (exact) mass is 256 g/mol. The van der Waals surface area contributed by atoms with Crippen LogP contribution in [0.5, 0.6) is 5.75 Å². The molecule has 0 N–H and O–H groups in total. The molecule has 4 nitrogen and oxygen atoms in total. The molecule has 0 amide bonds. The topological polar surface area (TPSA) is 52.6 Å². The molecule has 0 aliphatic heterocycles. The Morgan fingerprint density at radius 1 is 1.27 bits per heavy atom. The third kappa shape index (κ3) is 6.17. The molecule has 0 unspecified atom stereocenters. The molecular formula is C9H12CaO4S.